The third-order valence-corrected chi connectivity index (χ3v) is 5.37. The van der Waals surface area contributed by atoms with E-state index < -0.39 is 0 Å². The molecule has 2 heterocycles. The van der Waals surface area contributed by atoms with E-state index in [1.54, 1.807) is 0 Å². The van der Waals surface area contributed by atoms with Crippen LogP contribution in [0.1, 0.15) is 38.5 Å². The van der Waals surface area contributed by atoms with Gasteiger partial charge in [0.2, 0.25) is 0 Å². The van der Waals surface area contributed by atoms with Crippen molar-refractivity contribution in [1.82, 2.24) is 0 Å². The molecule has 2 atom stereocenters. The van der Waals surface area contributed by atoms with Crippen LogP contribution in [0.5, 0.6) is 11.5 Å². The van der Waals surface area contributed by atoms with Crippen molar-refractivity contribution in [2.75, 3.05) is 13.2 Å². The largest absolute Gasteiger partial charge is 0.465 e. The molecule has 22 heavy (non-hydrogen) atoms. The molecule has 0 bridgehead atoms. The predicted octanol–water partition coefficient (Wildman–Crippen LogP) is 4.71. The minimum absolute atomic E-state index is 0.117. The molecule has 3 rings (SSSR count). The summed E-state index contributed by atoms with van der Waals surface area (Å²) >= 11 is 4.59. The molecule has 122 valence electrons. The van der Waals surface area contributed by atoms with Crippen molar-refractivity contribution < 1.29 is 18.9 Å². The van der Waals surface area contributed by atoms with Crippen LogP contribution >= 0.6 is 45.2 Å². The van der Waals surface area contributed by atoms with E-state index in [1.807, 2.05) is 12.1 Å². The zero-order valence-electron chi connectivity index (χ0n) is 12.4. The SMILES string of the molecule is Ic1cc(OC2CCCCO2)cc(I)c1OC1CCCCO1. The third kappa shape index (κ3) is 4.61. The standard InChI is InChI=1S/C16H20I2O4/c17-12-9-11(21-14-5-1-3-7-19-14)10-13(18)16(12)22-15-6-2-4-8-20-15/h9-10,14-15H,1-8H2. The van der Waals surface area contributed by atoms with Crippen molar-refractivity contribution in [3.8, 4) is 11.5 Å². The first kappa shape index (κ1) is 17.0. The van der Waals surface area contributed by atoms with E-state index in [9.17, 15) is 0 Å². The maximum atomic E-state index is 6.04. The summed E-state index contributed by atoms with van der Waals surface area (Å²) in [5.41, 5.74) is 0. The number of benzene rings is 1. The second kappa shape index (κ2) is 8.34. The van der Waals surface area contributed by atoms with E-state index >= 15 is 0 Å². The average molecular weight is 530 g/mol. The van der Waals surface area contributed by atoms with E-state index in [-0.39, 0.29) is 12.6 Å². The first-order chi connectivity index (χ1) is 10.7. The molecule has 2 aliphatic rings. The fourth-order valence-electron chi connectivity index (χ4n) is 2.61. The van der Waals surface area contributed by atoms with Gasteiger partial charge in [-0.25, -0.2) is 0 Å². The lowest BCUT2D eigenvalue weighted by Gasteiger charge is -2.26. The van der Waals surface area contributed by atoms with E-state index in [2.05, 4.69) is 45.2 Å². The molecule has 0 aliphatic carbocycles. The summed E-state index contributed by atoms with van der Waals surface area (Å²) in [7, 11) is 0. The Bertz CT molecular complexity index is 474. The number of hydrogen-bond acceptors (Lipinski definition) is 4. The van der Waals surface area contributed by atoms with Gasteiger partial charge in [0.25, 0.3) is 0 Å². The van der Waals surface area contributed by atoms with Crippen LogP contribution in [0.25, 0.3) is 0 Å². The topological polar surface area (TPSA) is 36.9 Å². The lowest BCUT2D eigenvalue weighted by Crippen LogP contribution is -2.26. The molecule has 0 spiro atoms. The molecule has 2 saturated heterocycles. The minimum Gasteiger partial charge on any atom is -0.465 e. The Kier molecular flexibility index (Phi) is 6.46. The quantitative estimate of drug-likeness (QED) is 0.529. The van der Waals surface area contributed by atoms with Crippen LogP contribution < -0.4 is 9.47 Å². The normalized spacial score (nSPS) is 25.7. The molecule has 0 aromatic heterocycles. The second-order valence-electron chi connectivity index (χ2n) is 5.54. The van der Waals surface area contributed by atoms with Gasteiger partial charge in [0.1, 0.15) is 11.5 Å². The van der Waals surface area contributed by atoms with Gasteiger partial charge < -0.3 is 18.9 Å². The van der Waals surface area contributed by atoms with Gasteiger partial charge in [-0.3, -0.25) is 0 Å². The summed E-state index contributed by atoms with van der Waals surface area (Å²) in [5.74, 6) is 1.74. The van der Waals surface area contributed by atoms with Gasteiger partial charge in [-0.1, -0.05) is 0 Å². The van der Waals surface area contributed by atoms with Gasteiger partial charge in [-0.15, -0.1) is 0 Å². The van der Waals surface area contributed by atoms with Crippen molar-refractivity contribution in [1.29, 1.82) is 0 Å². The highest BCUT2D eigenvalue weighted by Crippen LogP contribution is 2.34. The summed E-state index contributed by atoms with van der Waals surface area (Å²) in [6.07, 6.45) is 6.27. The zero-order valence-corrected chi connectivity index (χ0v) is 16.7. The third-order valence-electron chi connectivity index (χ3n) is 3.76. The Balaban J connectivity index is 1.67. The molecule has 6 heteroatoms. The monoisotopic (exact) mass is 530 g/mol. The fourth-order valence-corrected chi connectivity index (χ4v) is 4.57. The van der Waals surface area contributed by atoms with Crippen LogP contribution in [0.3, 0.4) is 0 Å². The maximum Gasteiger partial charge on any atom is 0.199 e. The molecule has 1 aromatic carbocycles. The smallest absolute Gasteiger partial charge is 0.199 e. The summed E-state index contributed by atoms with van der Waals surface area (Å²) in [5, 5.41) is 0. The highest BCUT2D eigenvalue weighted by atomic mass is 127. The van der Waals surface area contributed by atoms with Gasteiger partial charge in [-0.2, -0.15) is 0 Å². The van der Waals surface area contributed by atoms with E-state index in [4.69, 9.17) is 18.9 Å². The Hall–Kier alpha value is 0.200. The summed E-state index contributed by atoms with van der Waals surface area (Å²) in [6, 6.07) is 4.03. The molecule has 0 amide bonds. The summed E-state index contributed by atoms with van der Waals surface area (Å²) in [6.45, 7) is 1.58. The summed E-state index contributed by atoms with van der Waals surface area (Å²) in [4.78, 5) is 0. The Morgan fingerprint density at radius 2 is 1.36 bits per heavy atom. The molecule has 2 aliphatic heterocycles. The first-order valence-electron chi connectivity index (χ1n) is 7.78. The lowest BCUT2D eigenvalue weighted by molar-refractivity contribution is -0.108. The minimum atomic E-state index is -0.121. The fraction of sp³-hybridized carbons (Fsp3) is 0.625. The summed E-state index contributed by atoms with van der Waals surface area (Å²) < 4.78 is 25.4. The van der Waals surface area contributed by atoms with Crippen molar-refractivity contribution in [3.63, 3.8) is 0 Å². The van der Waals surface area contributed by atoms with E-state index in [0.717, 1.165) is 64.0 Å². The van der Waals surface area contributed by atoms with Gasteiger partial charge in [0.15, 0.2) is 12.6 Å². The van der Waals surface area contributed by atoms with E-state index in [0.29, 0.717) is 0 Å². The maximum absolute atomic E-state index is 6.04. The zero-order chi connectivity index (χ0) is 15.4. The molecule has 2 unspecified atom stereocenters. The Morgan fingerprint density at radius 1 is 0.818 bits per heavy atom. The highest BCUT2D eigenvalue weighted by molar-refractivity contribution is 14.1. The van der Waals surface area contributed by atoms with Crippen molar-refractivity contribution >= 4 is 45.2 Å². The van der Waals surface area contributed by atoms with Gasteiger partial charge >= 0.3 is 0 Å². The predicted molar refractivity (Wildman–Crippen MR) is 100 cm³/mol. The highest BCUT2D eigenvalue weighted by Gasteiger charge is 2.20. The molecule has 2 fully saturated rings. The van der Waals surface area contributed by atoms with Crippen LogP contribution in [0.15, 0.2) is 12.1 Å². The molecule has 0 saturated carbocycles. The van der Waals surface area contributed by atoms with Crippen molar-refractivity contribution in [2.45, 2.75) is 51.1 Å². The van der Waals surface area contributed by atoms with Crippen LogP contribution in [-0.2, 0) is 9.47 Å². The van der Waals surface area contributed by atoms with Gasteiger partial charge in [0.05, 0.1) is 20.4 Å². The van der Waals surface area contributed by atoms with Crippen LogP contribution in [0.2, 0.25) is 0 Å². The van der Waals surface area contributed by atoms with E-state index in [1.165, 1.54) is 6.42 Å². The van der Waals surface area contributed by atoms with Gasteiger partial charge in [0, 0.05) is 12.8 Å². The number of hydrogen-bond donors (Lipinski definition) is 0. The molecule has 0 N–H and O–H groups in total. The van der Waals surface area contributed by atoms with Crippen molar-refractivity contribution in [2.24, 2.45) is 0 Å². The lowest BCUT2D eigenvalue weighted by atomic mass is 10.2. The Morgan fingerprint density at radius 3 is 1.86 bits per heavy atom. The van der Waals surface area contributed by atoms with Gasteiger partial charge in [-0.05, 0) is 83.0 Å². The number of halogens is 2. The molecule has 4 nitrogen and oxygen atoms in total. The van der Waals surface area contributed by atoms with Crippen LogP contribution in [0, 0.1) is 7.14 Å². The first-order valence-corrected chi connectivity index (χ1v) is 9.94. The number of rotatable bonds is 4. The number of ether oxygens (including phenoxy) is 4. The second-order valence-corrected chi connectivity index (χ2v) is 7.87. The van der Waals surface area contributed by atoms with Crippen LogP contribution in [-0.4, -0.2) is 25.8 Å². The molecular formula is C16H20I2O4. The Labute approximate surface area is 158 Å². The molecule has 0 radical (unpaired) electrons. The average Bonchev–Trinajstić information content (AvgIpc) is 2.53. The molecule has 1 aromatic rings. The van der Waals surface area contributed by atoms with Crippen LogP contribution in [0.4, 0.5) is 0 Å². The van der Waals surface area contributed by atoms with Crippen molar-refractivity contribution in [3.05, 3.63) is 19.3 Å². The molecular weight excluding hydrogens is 510 g/mol.